The topological polar surface area (TPSA) is 47.7 Å². The van der Waals surface area contributed by atoms with Gasteiger partial charge in [0.05, 0.1) is 13.2 Å². The minimum absolute atomic E-state index is 0.0540. The van der Waals surface area contributed by atoms with Crippen LogP contribution in [0.2, 0.25) is 0 Å². The number of nitrogens with two attached hydrogens (primary N) is 1. The SMILES string of the molecule is CCOC1CCN(Cc2cc(C(C)N)ccc2OC)CC1. The maximum atomic E-state index is 5.99. The molecule has 0 bridgehead atoms. The fourth-order valence-corrected chi connectivity index (χ4v) is 2.92. The number of ether oxygens (including phenoxy) is 2. The minimum atomic E-state index is 0.0540. The van der Waals surface area contributed by atoms with Gasteiger partial charge in [-0.3, -0.25) is 4.90 Å². The van der Waals surface area contributed by atoms with E-state index in [1.165, 1.54) is 5.56 Å². The van der Waals surface area contributed by atoms with Gasteiger partial charge in [0.25, 0.3) is 0 Å². The highest BCUT2D eigenvalue weighted by molar-refractivity contribution is 5.38. The summed E-state index contributed by atoms with van der Waals surface area (Å²) in [6.45, 7) is 7.97. The maximum absolute atomic E-state index is 5.99. The van der Waals surface area contributed by atoms with Crippen molar-refractivity contribution in [2.24, 2.45) is 5.73 Å². The van der Waals surface area contributed by atoms with Crippen LogP contribution < -0.4 is 10.5 Å². The standard InChI is InChI=1S/C17H28N2O2/c1-4-21-16-7-9-19(10-8-16)12-15-11-14(13(2)18)5-6-17(15)20-3/h5-6,11,13,16H,4,7-10,12,18H2,1-3H3. The van der Waals surface area contributed by atoms with Crippen LogP contribution in [0.15, 0.2) is 18.2 Å². The lowest BCUT2D eigenvalue weighted by Gasteiger charge is -2.32. The van der Waals surface area contributed by atoms with Crippen molar-refractivity contribution in [3.8, 4) is 5.75 Å². The molecule has 1 aliphatic heterocycles. The van der Waals surface area contributed by atoms with Gasteiger partial charge in [-0.25, -0.2) is 0 Å². The van der Waals surface area contributed by atoms with Gasteiger partial charge in [-0.15, -0.1) is 0 Å². The van der Waals surface area contributed by atoms with Crippen LogP contribution in [0.25, 0.3) is 0 Å². The molecule has 1 aromatic rings. The van der Waals surface area contributed by atoms with Crippen LogP contribution >= 0.6 is 0 Å². The molecule has 1 aliphatic rings. The summed E-state index contributed by atoms with van der Waals surface area (Å²) < 4.78 is 11.2. The van der Waals surface area contributed by atoms with Crippen molar-refractivity contribution in [1.82, 2.24) is 4.90 Å². The molecule has 118 valence electrons. The zero-order valence-electron chi connectivity index (χ0n) is 13.5. The molecule has 0 aliphatic carbocycles. The molecule has 1 aromatic carbocycles. The van der Waals surface area contributed by atoms with Gasteiger partial charge in [-0.2, -0.15) is 0 Å². The summed E-state index contributed by atoms with van der Waals surface area (Å²) in [5.74, 6) is 0.950. The van der Waals surface area contributed by atoms with E-state index in [0.29, 0.717) is 6.10 Å². The normalized spacial score (nSPS) is 18.7. The lowest BCUT2D eigenvalue weighted by Crippen LogP contribution is -2.36. The smallest absolute Gasteiger partial charge is 0.123 e. The Bertz CT molecular complexity index is 440. The fourth-order valence-electron chi connectivity index (χ4n) is 2.92. The van der Waals surface area contributed by atoms with Crippen LogP contribution in [0.1, 0.15) is 43.9 Å². The number of rotatable bonds is 6. The van der Waals surface area contributed by atoms with E-state index in [2.05, 4.69) is 17.9 Å². The second-order valence-electron chi connectivity index (χ2n) is 5.79. The van der Waals surface area contributed by atoms with Crippen molar-refractivity contribution in [1.29, 1.82) is 0 Å². The van der Waals surface area contributed by atoms with E-state index in [1.807, 2.05) is 19.1 Å². The number of methoxy groups -OCH3 is 1. The highest BCUT2D eigenvalue weighted by atomic mass is 16.5. The van der Waals surface area contributed by atoms with Crippen molar-refractivity contribution in [3.05, 3.63) is 29.3 Å². The Morgan fingerprint density at radius 3 is 2.62 bits per heavy atom. The number of nitrogens with zero attached hydrogens (tertiary/aromatic N) is 1. The number of benzene rings is 1. The van der Waals surface area contributed by atoms with Gasteiger partial charge in [-0.1, -0.05) is 6.07 Å². The molecular formula is C17H28N2O2. The number of likely N-dealkylation sites (tertiary alicyclic amines) is 1. The largest absolute Gasteiger partial charge is 0.496 e. The van der Waals surface area contributed by atoms with Gasteiger partial charge >= 0.3 is 0 Å². The Morgan fingerprint density at radius 2 is 2.05 bits per heavy atom. The summed E-state index contributed by atoms with van der Waals surface area (Å²) in [5.41, 5.74) is 8.37. The van der Waals surface area contributed by atoms with E-state index >= 15 is 0 Å². The minimum Gasteiger partial charge on any atom is -0.496 e. The highest BCUT2D eigenvalue weighted by Gasteiger charge is 2.20. The summed E-state index contributed by atoms with van der Waals surface area (Å²) in [7, 11) is 1.73. The zero-order chi connectivity index (χ0) is 15.2. The molecule has 1 unspecified atom stereocenters. The van der Waals surface area contributed by atoms with E-state index < -0.39 is 0 Å². The predicted octanol–water partition coefficient (Wildman–Crippen LogP) is 2.72. The van der Waals surface area contributed by atoms with Crippen LogP contribution in [0.4, 0.5) is 0 Å². The van der Waals surface area contributed by atoms with Gasteiger partial charge in [0.15, 0.2) is 0 Å². The summed E-state index contributed by atoms with van der Waals surface area (Å²) >= 11 is 0. The zero-order valence-corrected chi connectivity index (χ0v) is 13.5. The fraction of sp³-hybridized carbons (Fsp3) is 0.647. The van der Waals surface area contributed by atoms with Gasteiger partial charge < -0.3 is 15.2 Å². The van der Waals surface area contributed by atoms with Crippen molar-refractivity contribution in [3.63, 3.8) is 0 Å². The molecule has 1 fully saturated rings. The lowest BCUT2D eigenvalue weighted by atomic mass is 10.0. The first-order valence-electron chi connectivity index (χ1n) is 7.90. The van der Waals surface area contributed by atoms with Crippen LogP contribution in [-0.2, 0) is 11.3 Å². The highest BCUT2D eigenvalue weighted by Crippen LogP contribution is 2.25. The first-order chi connectivity index (χ1) is 10.1. The molecule has 0 amide bonds. The Hall–Kier alpha value is -1.10. The average molecular weight is 292 g/mol. The second kappa shape index (κ2) is 7.78. The van der Waals surface area contributed by atoms with Crippen molar-refractivity contribution < 1.29 is 9.47 Å². The van der Waals surface area contributed by atoms with Gasteiger partial charge in [0, 0.05) is 37.8 Å². The van der Waals surface area contributed by atoms with Crippen molar-refractivity contribution in [2.75, 3.05) is 26.8 Å². The molecule has 0 aromatic heterocycles. The quantitative estimate of drug-likeness (QED) is 0.876. The number of hydrogen-bond donors (Lipinski definition) is 1. The first kappa shape index (κ1) is 16.3. The third-order valence-electron chi connectivity index (χ3n) is 4.16. The van der Waals surface area contributed by atoms with E-state index in [9.17, 15) is 0 Å². The first-order valence-corrected chi connectivity index (χ1v) is 7.90. The number of hydrogen-bond acceptors (Lipinski definition) is 4. The summed E-state index contributed by atoms with van der Waals surface area (Å²) in [5, 5.41) is 0. The molecule has 0 spiro atoms. The average Bonchev–Trinajstić information content (AvgIpc) is 2.49. The summed E-state index contributed by atoms with van der Waals surface area (Å²) in [6, 6.07) is 6.31. The Labute approximate surface area is 128 Å². The van der Waals surface area contributed by atoms with E-state index in [-0.39, 0.29) is 6.04 Å². The summed E-state index contributed by atoms with van der Waals surface area (Å²) in [6.07, 6.45) is 2.66. The Morgan fingerprint density at radius 1 is 1.33 bits per heavy atom. The maximum Gasteiger partial charge on any atom is 0.123 e. The third kappa shape index (κ3) is 4.43. The Kier molecular flexibility index (Phi) is 6.03. The molecule has 1 atom stereocenters. The van der Waals surface area contributed by atoms with Gasteiger partial charge in [0.2, 0.25) is 0 Å². The van der Waals surface area contributed by atoms with Crippen LogP contribution in [-0.4, -0.2) is 37.8 Å². The number of piperidine rings is 1. The molecule has 2 rings (SSSR count). The Balaban J connectivity index is 2.00. The summed E-state index contributed by atoms with van der Waals surface area (Å²) in [4.78, 5) is 2.47. The molecule has 2 N–H and O–H groups in total. The van der Waals surface area contributed by atoms with E-state index in [1.54, 1.807) is 7.11 Å². The lowest BCUT2D eigenvalue weighted by molar-refractivity contribution is 0.0124. The monoisotopic (exact) mass is 292 g/mol. The second-order valence-corrected chi connectivity index (χ2v) is 5.79. The van der Waals surface area contributed by atoms with Crippen LogP contribution in [0.3, 0.4) is 0 Å². The molecule has 0 saturated carbocycles. The predicted molar refractivity (Wildman–Crippen MR) is 85.5 cm³/mol. The molecule has 21 heavy (non-hydrogen) atoms. The van der Waals surface area contributed by atoms with E-state index in [0.717, 1.165) is 50.4 Å². The molecule has 1 saturated heterocycles. The van der Waals surface area contributed by atoms with Gasteiger partial charge in [-0.05, 0) is 44.4 Å². The van der Waals surface area contributed by atoms with Crippen LogP contribution in [0.5, 0.6) is 5.75 Å². The third-order valence-corrected chi connectivity index (χ3v) is 4.16. The molecule has 1 heterocycles. The van der Waals surface area contributed by atoms with Crippen molar-refractivity contribution >= 4 is 0 Å². The molecule has 0 radical (unpaired) electrons. The van der Waals surface area contributed by atoms with Crippen molar-refractivity contribution in [2.45, 2.75) is 45.4 Å². The molecule has 4 heteroatoms. The molecule has 4 nitrogen and oxygen atoms in total. The van der Waals surface area contributed by atoms with Gasteiger partial charge in [0.1, 0.15) is 5.75 Å². The molecular weight excluding hydrogens is 264 g/mol. The van der Waals surface area contributed by atoms with Crippen LogP contribution in [0, 0.1) is 0 Å². The van der Waals surface area contributed by atoms with E-state index in [4.69, 9.17) is 15.2 Å².